The average Bonchev–Trinajstić information content (AvgIpc) is 2.19. The van der Waals surface area contributed by atoms with E-state index in [1.807, 2.05) is 13.8 Å². The molecule has 80 valence electrons. The molecule has 14 heavy (non-hydrogen) atoms. The first-order valence-electron chi connectivity index (χ1n) is 5.26. The smallest absolute Gasteiger partial charge is 0.334 e. The highest BCUT2D eigenvalue weighted by Crippen LogP contribution is 2.39. The van der Waals surface area contributed by atoms with Gasteiger partial charge in [-0.3, -0.25) is 0 Å². The number of carbonyl (C=O) groups excluding carboxylic acids is 1. The second-order valence-electron chi connectivity index (χ2n) is 5.04. The Bertz CT molecular complexity index is 251. The van der Waals surface area contributed by atoms with Crippen molar-refractivity contribution < 1.29 is 9.53 Å². The molecular weight excluding hydrogens is 176 g/mol. The number of rotatable bonds is 3. The Morgan fingerprint density at radius 2 is 2.07 bits per heavy atom. The molecule has 0 N–H and O–H groups in total. The molecule has 2 nitrogen and oxygen atoms in total. The summed E-state index contributed by atoms with van der Waals surface area (Å²) in [6.07, 6.45) is 2.11. The molecule has 0 bridgehead atoms. The molecule has 2 heteroatoms. The second-order valence-corrected chi connectivity index (χ2v) is 5.04. The van der Waals surface area contributed by atoms with Crippen LogP contribution in [0.1, 0.15) is 40.5 Å². The van der Waals surface area contributed by atoms with Crippen molar-refractivity contribution >= 4 is 5.97 Å². The van der Waals surface area contributed by atoms with Crippen molar-refractivity contribution in [2.45, 2.75) is 46.1 Å². The molecule has 1 rings (SSSR count). The van der Waals surface area contributed by atoms with Crippen LogP contribution in [0.2, 0.25) is 0 Å². The van der Waals surface area contributed by atoms with Gasteiger partial charge in [0.25, 0.3) is 0 Å². The third-order valence-corrected chi connectivity index (χ3v) is 2.91. The summed E-state index contributed by atoms with van der Waals surface area (Å²) >= 11 is 0. The normalized spacial score (nSPS) is 25.6. The summed E-state index contributed by atoms with van der Waals surface area (Å²) in [5.41, 5.74) is 0.291. The van der Waals surface area contributed by atoms with Crippen molar-refractivity contribution in [1.29, 1.82) is 0 Å². The molecule has 1 atom stereocenters. The van der Waals surface area contributed by atoms with Crippen molar-refractivity contribution in [1.82, 2.24) is 0 Å². The summed E-state index contributed by atoms with van der Waals surface area (Å²) in [6.45, 7) is 12.1. The minimum atomic E-state index is -0.358. The summed E-state index contributed by atoms with van der Waals surface area (Å²) in [7, 11) is 0. The Morgan fingerprint density at radius 3 is 2.43 bits per heavy atom. The fraction of sp³-hybridized carbons (Fsp3) is 0.750. The summed E-state index contributed by atoms with van der Waals surface area (Å²) < 4.78 is 5.27. The van der Waals surface area contributed by atoms with E-state index in [1.165, 1.54) is 0 Å². The van der Waals surface area contributed by atoms with Crippen molar-refractivity contribution in [2.24, 2.45) is 11.8 Å². The van der Waals surface area contributed by atoms with Crippen LogP contribution >= 0.6 is 0 Å². The van der Waals surface area contributed by atoms with E-state index >= 15 is 0 Å². The Balaban J connectivity index is 2.66. The molecule has 1 saturated heterocycles. The SMILES string of the molecule is C=C1C(=O)OC(C)(C)C1CCC(C)C. The highest BCUT2D eigenvalue weighted by molar-refractivity contribution is 5.91. The first kappa shape index (κ1) is 11.3. The third-order valence-electron chi connectivity index (χ3n) is 2.91. The maximum Gasteiger partial charge on any atom is 0.334 e. The lowest BCUT2D eigenvalue weighted by Gasteiger charge is -2.25. The Kier molecular flexibility index (Phi) is 3.03. The van der Waals surface area contributed by atoms with E-state index in [0.717, 1.165) is 12.8 Å². The number of cyclic esters (lactones) is 1. The monoisotopic (exact) mass is 196 g/mol. The van der Waals surface area contributed by atoms with E-state index in [9.17, 15) is 4.79 Å². The summed E-state index contributed by atoms with van der Waals surface area (Å²) in [6, 6.07) is 0. The highest BCUT2D eigenvalue weighted by Gasteiger charge is 2.44. The van der Waals surface area contributed by atoms with Crippen molar-refractivity contribution in [3.8, 4) is 0 Å². The van der Waals surface area contributed by atoms with Gasteiger partial charge in [-0.2, -0.15) is 0 Å². The minimum absolute atomic E-state index is 0.192. The minimum Gasteiger partial charge on any atom is -0.456 e. The Morgan fingerprint density at radius 1 is 1.50 bits per heavy atom. The van der Waals surface area contributed by atoms with E-state index < -0.39 is 0 Å². The third kappa shape index (κ3) is 2.17. The van der Waals surface area contributed by atoms with E-state index in [2.05, 4.69) is 20.4 Å². The predicted molar refractivity (Wildman–Crippen MR) is 56.9 cm³/mol. The van der Waals surface area contributed by atoms with Crippen LogP contribution in [0.4, 0.5) is 0 Å². The van der Waals surface area contributed by atoms with E-state index in [0.29, 0.717) is 11.5 Å². The van der Waals surface area contributed by atoms with Gasteiger partial charge in [0.1, 0.15) is 5.60 Å². The molecular formula is C12H20O2. The zero-order valence-corrected chi connectivity index (χ0v) is 9.59. The molecule has 0 saturated carbocycles. The fourth-order valence-electron chi connectivity index (χ4n) is 1.96. The molecule has 1 heterocycles. The predicted octanol–water partition coefficient (Wildman–Crippen LogP) is 2.93. The lowest BCUT2D eigenvalue weighted by molar-refractivity contribution is -0.144. The van der Waals surface area contributed by atoms with Crippen LogP contribution in [-0.4, -0.2) is 11.6 Å². The van der Waals surface area contributed by atoms with Gasteiger partial charge in [0.2, 0.25) is 0 Å². The van der Waals surface area contributed by atoms with Crippen LogP contribution in [0.3, 0.4) is 0 Å². The topological polar surface area (TPSA) is 26.3 Å². The Labute approximate surface area is 86.3 Å². The second kappa shape index (κ2) is 3.76. The van der Waals surface area contributed by atoms with Gasteiger partial charge < -0.3 is 4.74 Å². The molecule has 1 aliphatic heterocycles. The lowest BCUT2D eigenvalue weighted by atomic mass is 9.83. The number of ether oxygens (including phenoxy) is 1. The summed E-state index contributed by atoms with van der Waals surface area (Å²) in [5, 5.41) is 0. The summed E-state index contributed by atoms with van der Waals surface area (Å²) in [5.74, 6) is 0.635. The van der Waals surface area contributed by atoms with Gasteiger partial charge in [-0.15, -0.1) is 0 Å². The molecule has 1 aliphatic rings. The van der Waals surface area contributed by atoms with Crippen molar-refractivity contribution in [2.75, 3.05) is 0 Å². The van der Waals surface area contributed by atoms with Gasteiger partial charge in [-0.1, -0.05) is 26.8 Å². The van der Waals surface area contributed by atoms with E-state index in [1.54, 1.807) is 0 Å². The molecule has 0 aromatic carbocycles. The Hall–Kier alpha value is -0.790. The largest absolute Gasteiger partial charge is 0.456 e. The quantitative estimate of drug-likeness (QED) is 0.512. The number of carbonyl (C=O) groups is 1. The van der Waals surface area contributed by atoms with Crippen LogP contribution < -0.4 is 0 Å². The van der Waals surface area contributed by atoms with Gasteiger partial charge >= 0.3 is 5.97 Å². The number of esters is 1. The lowest BCUT2D eigenvalue weighted by Crippen LogP contribution is -2.28. The standard InChI is InChI=1S/C12H20O2/c1-8(2)6-7-10-9(3)11(13)14-12(10,4)5/h8,10H,3,6-7H2,1-2,4-5H3. The zero-order valence-electron chi connectivity index (χ0n) is 9.59. The van der Waals surface area contributed by atoms with Crippen LogP contribution in [0.15, 0.2) is 12.2 Å². The fourth-order valence-corrected chi connectivity index (χ4v) is 1.96. The molecule has 0 radical (unpaired) electrons. The van der Waals surface area contributed by atoms with Crippen LogP contribution in [0.25, 0.3) is 0 Å². The van der Waals surface area contributed by atoms with E-state index in [4.69, 9.17) is 4.74 Å². The molecule has 0 aliphatic carbocycles. The van der Waals surface area contributed by atoms with Crippen LogP contribution in [0, 0.1) is 11.8 Å². The molecule has 0 spiro atoms. The molecule has 0 aromatic rings. The average molecular weight is 196 g/mol. The van der Waals surface area contributed by atoms with Gasteiger partial charge in [0.15, 0.2) is 0 Å². The van der Waals surface area contributed by atoms with Gasteiger partial charge in [-0.05, 0) is 26.2 Å². The maximum atomic E-state index is 11.3. The first-order chi connectivity index (χ1) is 6.34. The van der Waals surface area contributed by atoms with Crippen molar-refractivity contribution in [3.05, 3.63) is 12.2 Å². The highest BCUT2D eigenvalue weighted by atomic mass is 16.6. The molecule has 1 fully saturated rings. The number of hydrogen-bond donors (Lipinski definition) is 0. The first-order valence-corrected chi connectivity index (χ1v) is 5.26. The van der Waals surface area contributed by atoms with Gasteiger partial charge in [0, 0.05) is 11.5 Å². The number of hydrogen-bond acceptors (Lipinski definition) is 2. The van der Waals surface area contributed by atoms with Gasteiger partial charge in [-0.25, -0.2) is 4.79 Å². The van der Waals surface area contributed by atoms with Crippen LogP contribution in [0.5, 0.6) is 0 Å². The van der Waals surface area contributed by atoms with Crippen LogP contribution in [-0.2, 0) is 9.53 Å². The van der Waals surface area contributed by atoms with Gasteiger partial charge in [0.05, 0.1) is 0 Å². The zero-order chi connectivity index (χ0) is 10.9. The van der Waals surface area contributed by atoms with Crippen molar-refractivity contribution in [3.63, 3.8) is 0 Å². The summed E-state index contributed by atoms with van der Waals surface area (Å²) in [4.78, 5) is 11.3. The maximum absolute atomic E-state index is 11.3. The van der Waals surface area contributed by atoms with E-state index in [-0.39, 0.29) is 17.5 Å². The molecule has 1 unspecified atom stereocenters. The molecule has 0 amide bonds. The molecule has 0 aromatic heterocycles.